The predicted molar refractivity (Wildman–Crippen MR) is 89.7 cm³/mol. The van der Waals surface area contributed by atoms with Gasteiger partial charge in [-0.15, -0.1) is 0 Å². The number of alkyl halides is 3. The van der Waals surface area contributed by atoms with Gasteiger partial charge in [0, 0.05) is 19.2 Å². The third-order valence-corrected chi connectivity index (χ3v) is 4.12. The van der Waals surface area contributed by atoms with Crippen molar-refractivity contribution in [3.05, 3.63) is 53.8 Å². The normalized spacial score (nSPS) is 14.9. The molecule has 1 amide bonds. The monoisotopic (exact) mass is 383 g/mol. The number of morpholine rings is 1. The minimum absolute atomic E-state index is 0.0732. The Morgan fingerprint density at radius 1 is 1.07 bits per heavy atom. The molecule has 0 aliphatic carbocycles. The number of halogens is 4. The van der Waals surface area contributed by atoms with E-state index in [4.69, 9.17) is 9.47 Å². The van der Waals surface area contributed by atoms with Gasteiger partial charge in [0.2, 0.25) is 0 Å². The first-order valence-corrected chi connectivity index (χ1v) is 8.29. The van der Waals surface area contributed by atoms with Gasteiger partial charge in [-0.05, 0) is 35.4 Å². The maximum absolute atomic E-state index is 13.9. The Balaban J connectivity index is 1.75. The number of hydrogen-bond donors (Lipinski definition) is 0. The largest absolute Gasteiger partial charge is 0.484 e. The fourth-order valence-corrected chi connectivity index (χ4v) is 2.74. The standard InChI is InChI=1S/C19H17F4NO3/c20-16-9-14(13-2-1-3-15(8-13)19(21,22)23)10-17(11-16)27-12-18(25)24-4-6-26-7-5-24/h1-3,8-11H,4-7,12H2. The molecule has 1 aliphatic rings. The molecule has 1 heterocycles. The second-order valence-electron chi connectivity index (χ2n) is 6.04. The van der Waals surface area contributed by atoms with Gasteiger partial charge < -0.3 is 14.4 Å². The van der Waals surface area contributed by atoms with Crippen LogP contribution in [0.3, 0.4) is 0 Å². The summed E-state index contributed by atoms with van der Waals surface area (Å²) in [5.74, 6) is -0.856. The van der Waals surface area contributed by atoms with Crippen LogP contribution in [0.5, 0.6) is 5.75 Å². The number of rotatable bonds is 4. The number of hydrogen-bond acceptors (Lipinski definition) is 3. The first-order chi connectivity index (χ1) is 12.8. The van der Waals surface area contributed by atoms with E-state index >= 15 is 0 Å². The van der Waals surface area contributed by atoms with E-state index in [1.807, 2.05) is 0 Å². The molecule has 144 valence electrons. The van der Waals surface area contributed by atoms with E-state index in [0.717, 1.165) is 24.3 Å². The van der Waals surface area contributed by atoms with Crippen LogP contribution in [0.1, 0.15) is 5.56 Å². The minimum atomic E-state index is -4.49. The van der Waals surface area contributed by atoms with Gasteiger partial charge >= 0.3 is 6.18 Å². The third kappa shape index (κ3) is 4.97. The summed E-state index contributed by atoms with van der Waals surface area (Å²) in [4.78, 5) is 13.7. The van der Waals surface area contributed by atoms with E-state index in [2.05, 4.69) is 0 Å². The molecule has 0 saturated carbocycles. The Morgan fingerprint density at radius 2 is 1.81 bits per heavy atom. The smallest absolute Gasteiger partial charge is 0.416 e. The zero-order chi connectivity index (χ0) is 19.4. The Labute approximate surface area is 153 Å². The summed E-state index contributed by atoms with van der Waals surface area (Å²) in [5, 5.41) is 0. The topological polar surface area (TPSA) is 38.8 Å². The second kappa shape index (κ2) is 7.96. The molecule has 0 radical (unpaired) electrons. The molecule has 0 atom stereocenters. The molecule has 3 rings (SSSR count). The van der Waals surface area contributed by atoms with Crippen molar-refractivity contribution in [2.45, 2.75) is 6.18 Å². The van der Waals surface area contributed by atoms with E-state index in [-0.39, 0.29) is 29.4 Å². The highest BCUT2D eigenvalue weighted by atomic mass is 19.4. The van der Waals surface area contributed by atoms with Crippen LogP contribution in [0.15, 0.2) is 42.5 Å². The van der Waals surface area contributed by atoms with Crippen molar-refractivity contribution in [2.24, 2.45) is 0 Å². The number of ether oxygens (including phenoxy) is 2. The number of carbonyl (C=O) groups is 1. The highest BCUT2D eigenvalue weighted by Gasteiger charge is 2.30. The number of carbonyl (C=O) groups excluding carboxylic acids is 1. The van der Waals surface area contributed by atoms with Crippen molar-refractivity contribution < 1.29 is 31.8 Å². The Morgan fingerprint density at radius 3 is 2.52 bits per heavy atom. The van der Waals surface area contributed by atoms with Crippen LogP contribution in [0.25, 0.3) is 11.1 Å². The maximum Gasteiger partial charge on any atom is 0.416 e. The van der Waals surface area contributed by atoms with Crippen molar-refractivity contribution in [3.63, 3.8) is 0 Å². The fourth-order valence-electron chi connectivity index (χ4n) is 2.74. The lowest BCUT2D eigenvalue weighted by Crippen LogP contribution is -2.42. The van der Waals surface area contributed by atoms with Crippen molar-refractivity contribution >= 4 is 5.91 Å². The third-order valence-electron chi connectivity index (χ3n) is 4.12. The molecule has 8 heteroatoms. The molecule has 1 aliphatic heterocycles. The van der Waals surface area contributed by atoms with Crippen molar-refractivity contribution in [3.8, 4) is 16.9 Å². The molecule has 0 N–H and O–H groups in total. The first-order valence-electron chi connectivity index (χ1n) is 8.29. The van der Waals surface area contributed by atoms with Crippen LogP contribution in [0.2, 0.25) is 0 Å². The predicted octanol–water partition coefficient (Wildman–Crippen LogP) is 3.75. The molecule has 0 unspecified atom stereocenters. The highest BCUT2D eigenvalue weighted by molar-refractivity contribution is 5.78. The lowest BCUT2D eigenvalue weighted by Gasteiger charge is -2.26. The van der Waals surface area contributed by atoms with Gasteiger partial charge in [0.15, 0.2) is 6.61 Å². The van der Waals surface area contributed by atoms with E-state index in [1.54, 1.807) is 4.90 Å². The summed E-state index contributed by atoms with van der Waals surface area (Å²) in [6.07, 6.45) is -4.49. The van der Waals surface area contributed by atoms with Gasteiger partial charge in [-0.3, -0.25) is 4.79 Å². The average Bonchev–Trinajstić information content (AvgIpc) is 2.66. The van der Waals surface area contributed by atoms with E-state index in [0.29, 0.717) is 26.3 Å². The van der Waals surface area contributed by atoms with Gasteiger partial charge in [-0.25, -0.2) is 4.39 Å². The molecular formula is C19H17F4NO3. The van der Waals surface area contributed by atoms with E-state index in [1.165, 1.54) is 18.2 Å². The first kappa shape index (κ1) is 19.2. The van der Waals surface area contributed by atoms with Gasteiger partial charge in [-0.2, -0.15) is 13.2 Å². The molecule has 2 aromatic rings. The molecular weight excluding hydrogens is 366 g/mol. The summed E-state index contributed by atoms with van der Waals surface area (Å²) in [5.41, 5.74) is -0.391. The molecule has 0 spiro atoms. The summed E-state index contributed by atoms with van der Waals surface area (Å²) in [6, 6.07) is 8.21. The summed E-state index contributed by atoms with van der Waals surface area (Å²) >= 11 is 0. The van der Waals surface area contributed by atoms with Crippen molar-refractivity contribution in [1.82, 2.24) is 4.90 Å². The molecule has 27 heavy (non-hydrogen) atoms. The number of nitrogens with zero attached hydrogens (tertiary/aromatic N) is 1. The number of amides is 1. The SMILES string of the molecule is O=C(COc1cc(F)cc(-c2cccc(C(F)(F)F)c2)c1)N1CCOCC1. The molecule has 0 bridgehead atoms. The minimum Gasteiger partial charge on any atom is -0.484 e. The quantitative estimate of drug-likeness (QED) is 0.755. The van der Waals surface area contributed by atoms with E-state index in [9.17, 15) is 22.4 Å². The van der Waals surface area contributed by atoms with Crippen LogP contribution >= 0.6 is 0 Å². The van der Waals surface area contributed by atoms with Gasteiger partial charge in [0.1, 0.15) is 11.6 Å². The van der Waals surface area contributed by atoms with Crippen LogP contribution in [0.4, 0.5) is 17.6 Å². The summed E-state index contributed by atoms with van der Waals surface area (Å²) < 4.78 is 63.1. The van der Waals surface area contributed by atoms with Crippen molar-refractivity contribution in [1.29, 1.82) is 0 Å². The van der Waals surface area contributed by atoms with Crippen LogP contribution in [-0.4, -0.2) is 43.7 Å². The lowest BCUT2D eigenvalue weighted by atomic mass is 10.0. The zero-order valence-corrected chi connectivity index (χ0v) is 14.3. The van der Waals surface area contributed by atoms with Crippen LogP contribution < -0.4 is 4.74 Å². The van der Waals surface area contributed by atoms with Crippen LogP contribution in [0, 0.1) is 5.82 Å². The highest BCUT2D eigenvalue weighted by Crippen LogP contribution is 2.33. The Hall–Kier alpha value is -2.61. The summed E-state index contributed by atoms with van der Waals surface area (Å²) in [6.45, 7) is 1.53. The molecule has 2 aromatic carbocycles. The maximum atomic E-state index is 13.9. The van der Waals surface area contributed by atoms with Crippen LogP contribution in [-0.2, 0) is 15.7 Å². The van der Waals surface area contributed by atoms with Gasteiger partial charge in [-0.1, -0.05) is 12.1 Å². The Kier molecular flexibility index (Phi) is 5.65. The average molecular weight is 383 g/mol. The molecule has 1 fully saturated rings. The van der Waals surface area contributed by atoms with Gasteiger partial charge in [0.05, 0.1) is 18.8 Å². The van der Waals surface area contributed by atoms with Crippen molar-refractivity contribution in [2.75, 3.05) is 32.9 Å². The van der Waals surface area contributed by atoms with E-state index < -0.39 is 17.6 Å². The number of benzene rings is 2. The lowest BCUT2D eigenvalue weighted by molar-refractivity contribution is -0.138. The molecule has 4 nitrogen and oxygen atoms in total. The zero-order valence-electron chi connectivity index (χ0n) is 14.3. The fraction of sp³-hybridized carbons (Fsp3) is 0.316. The second-order valence-corrected chi connectivity index (χ2v) is 6.04. The Bertz CT molecular complexity index is 817. The molecule has 1 saturated heterocycles. The summed E-state index contributed by atoms with van der Waals surface area (Å²) in [7, 11) is 0. The van der Waals surface area contributed by atoms with Gasteiger partial charge in [0.25, 0.3) is 5.91 Å². The molecule has 0 aromatic heterocycles.